The predicted molar refractivity (Wildman–Crippen MR) is 61.6 cm³/mol. The molecule has 2 aromatic rings. The molecule has 0 spiro atoms. The fourth-order valence-corrected chi connectivity index (χ4v) is 1.12. The van der Waals surface area contributed by atoms with Gasteiger partial charge in [0.25, 0.3) is 5.91 Å². The molecule has 2 heterocycles. The maximum absolute atomic E-state index is 11.7. The minimum atomic E-state index is -0.374. The van der Waals surface area contributed by atoms with Crippen LogP contribution in [-0.2, 0) is 0 Å². The summed E-state index contributed by atoms with van der Waals surface area (Å²) in [5.74, 6) is 0.596. The topological polar surface area (TPSA) is 92.7 Å². The first kappa shape index (κ1) is 10.9. The van der Waals surface area contributed by atoms with E-state index in [9.17, 15) is 4.79 Å². The van der Waals surface area contributed by atoms with Crippen molar-refractivity contribution in [3.05, 3.63) is 36.7 Å². The van der Waals surface area contributed by atoms with Crippen molar-refractivity contribution in [1.82, 2.24) is 19.9 Å². The van der Waals surface area contributed by atoms with Gasteiger partial charge in [-0.1, -0.05) is 0 Å². The van der Waals surface area contributed by atoms with Crippen LogP contribution in [0.15, 0.2) is 31.0 Å². The molecule has 0 fully saturated rings. The molecule has 0 radical (unpaired) electrons. The summed E-state index contributed by atoms with van der Waals surface area (Å²) in [5.41, 5.74) is 0.217. The van der Waals surface area contributed by atoms with Crippen molar-refractivity contribution in [3.63, 3.8) is 0 Å². The molecule has 2 rings (SSSR count). The molecular formula is C10H10N6O. The van der Waals surface area contributed by atoms with E-state index in [0.29, 0.717) is 11.6 Å². The molecule has 0 aliphatic rings. The van der Waals surface area contributed by atoms with E-state index >= 15 is 0 Å². The van der Waals surface area contributed by atoms with E-state index in [1.807, 2.05) is 0 Å². The summed E-state index contributed by atoms with van der Waals surface area (Å²) in [6, 6.07) is 0. The van der Waals surface area contributed by atoms with Crippen LogP contribution in [-0.4, -0.2) is 32.9 Å². The Bertz CT molecular complexity index is 498. The number of hydrogen-bond donors (Lipinski definition) is 2. The van der Waals surface area contributed by atoms with Crippen molar-refractivity contribution in [2.45, 2.75) is 0 Å². The van der Waals surface area contributed by atoms with Crippen LogP contribution in [0.1, 0.15) is 10.5 Å². The van der Waals surface area contributed by atoms with E-state index in [2.05, 4.69) is 30.6 Å². The van der Waals surface area contributed by atoms with Crippen molar-refractivity contribution in [1.29, 1.82) is 0 Å². The molecule has 0 saturated heterocycles. The predicted octanol–water partition coefficient (Wildman–Crippen LogP) is 0.561. The number of nitrogens with zero attached hydrogens (tertiary/aromatic N) is 4. The lowest BCUT2D eigenvalue weighted by Gasteiger charge is -2.03. The lowest BCUT2D eigenvalue weighted by atomic mass is 10.4. The molecular weight excluding hydrogens is 220 g/mol. The van der Waals surface area contributed by atoms with Gasteiger partial charge in [-0.15, -0.1) is 0 Å². The van der Waals surface area contributed by atoms with Crippen molar-refractivity contribution in [2.75, 3.05) is 17.7 Å². The maximum Gasteiger partial charge on any atom is 0.277 e. The second-order valence-electron chi connectivity index (χ2n) is 3.08. The molecule has 17 heavy (non-hydrogen) atoms. The van der Waals surface area contributed by atoms with E-state index in [4.69, 9.17) is 0 Å². The fraction of sp³-hybridized carbons (Fsp3) is 0.100. The number of nitrogens with one attached hydrogen (secondary N) is 2. The van der Waals surface area contributed by atoms with Gasteiger partial charge in [0, 0.05) is 19.4 Å². The Balaban J connectivity index is 2.09. The van der Waals surface area contributed by atoms with Gasteiger partial charge < -0.3 is 10.6 Å². The molecule has 0 aliphatic carbocycles. The normalized spacial score (nSPS) is 9.71. The second kappa shape index (κ2) is 4.97. The molecule has 0 saturated carbocycles. The number of carbonyl (C=O) groups excluding carboxylic acids is 1. The Kier molecular flexibility index (Phi) is 3.20. The molecule has 2 aromatic heterocycles. The molecule has 0 aliphatic heterocycles. The average molecular weight is 230 g/mol. The summed E-state index contributed by atoms with van der Waals surface area (Å²) in [6.07, 6.45) is 7.33. The van der Waals surface area contributed by atoms with Crippen molar-refractivity contribution in [2.24, 2.45) is 0 Å². The van der Waals surface area contributed by atoms with Gasteiger partial charge in [0.1, 0.15) is 11.5 Å². The van der Waals surface area contributed by atoms with Crippen LogP contribution in [0, 0.1) is 0 Å². The van der Waals surface area contributed by atoms with E-state index < -0.39 is 0 Å². The standard InChI is InChI=1S/C10H10N6O/c1-11-8-6-14-7(4-15-8)10(17)16-9-5-12-2-3-13-9/h2-6H,1H3,(H,11,15)(H,13,16,17). The Hall–Kier alpha value is -2.57. The molecule has 1 amide bonds. The summed E-state index contributed by atoms with van der Waals surface area (Å²) in [6.45, 7) is 0. The van der Waals surface area contributed by atoms with Crippen LogP contribution in [0.2, 0.25) is 0 Å². The molecule has 2 N–H and O–H groups in total. The smallest absolute Gasteiger partial charge is 0.277 e. The lowest BCUT2D eigenvalue weighted by Crippen LogP contribution is -2.15. The third-order valence-electron chi connectivity index (χ3n) is 1.95. The summed E-state index contributed by atoms with van der Waals surface area (Å²) in [7, 11) is 1.73. The molecule has 0 atom stereocenters. The number of carbonyl (C=O) groups is 1. The Morgan fingerprint density at radius 2 is 1.94 bits per heavy atom. The molecule has 86 valence electrons. The molecule has 0 bridgehead atoms. The molecule has 7 nitrogen and oxygen atoms in total. The number of amides is 1. The van der Waals surface area contributed by atoms with Gasteiger partial charge in [0.2, 0.25) is 0 Å². The maximum atomic E-state index is 11.7. The highest BCUT2D eigenvalue weighted by atomic mass is 16.1. The average Bonchev–Trinajstić information content (AvgIpc) is 2.40. The molecule has 7 heteroatoms. The number of hydrogen-bond acceptors (Lipinski definition) is 6. The number of anilines is 2. The first-order valence-corrected chi connectivity index (χ1v) is 4.87. The fourth-order valence-electron chi connectivity index (χ4n) is 1.12. The molecule has 0 unspecified atom stereocenters. The zero-order valence-electron chi connectivity index (χ0n) is 9.08. The van der Waals surface area contributed by atoms with Gasteiger partial charge in [-0.25, -0.2) is 15.0 Å². The van der Waals surface area contributed by atoms with Crippen LogP contribution in [0.3, 0.4) is 0 Å². The van der Waals surface area contributed by atoms with Crippen molar-refractivity contribution in [3.8, 4) is 0 Å². The largest absolute Gasteiger partial charge is 0.372 e. The van der Waals surface area contributed by atoms with Crippen molar-refractivity contribution >= 4 is 17.5 Å². The summed E-state index contributed by atoms with van der Waals surface area (Å²) >= 11 is 0. The lowest BCUT2D eigenvalue weighted by molar-refractivity contribution is 0.102. The van der Waals surface area contributed by atoms with E-state index in [0.717, 1.165) is 0 Å². The number of rotatable bonds is 3. The van der Waals surface area contributed by atoms with Gasteiger partial charge in [-0.05, 0) is 0 Å². The highest BCUT2D eigenvalue weighted by Crippen LogP contribution is 2.03. The first-order valence-electron chi connectivity index (χ1n) is 4.87. The van der Waals surface area contributed by atoms with E-state index in [1.54, 1.807) is 7.05 Å². The Morgan fingerprint density at radius 1 is 1.06 bits per heavy atom. The van der Waals surface area contributed by atoms with Crippen LogP contribution < -0.4 is 10.6 Å². The Labute approximate surface area is 97.4 Å². The van der Waals surface area contributed by atoms with Gasteiger partial charge >= 0.3 is 0 Å². The summed E-state index contributed by atoms with van der Waals surface area (Å²) < 4.78 is 0. The van der Waals surface area contributed by atoms with Gasteiger partial charge in [0.05, 0.1) is 18.6 Å². The first-order chi connectivity index (χ1) is 8.29. The third-order valence-corrected chi connectivity index (χ3v) is 1.95. The zero-order chi connectivity index (χ0) is 12.1. The summed E-state index contributed by atoms with van der Waals surface area (Å²) in [5, 5.41) is 5.38. The Morgan fingerprint density at radius 3 is 2.53 bits per heavy atom. The molecule has 0 aromatic carbocycles. The quantitative estimate of drug-likeness (QED) is 0.800. The SMILES string of the molecule is CNc1cnc(C(=O)Nc2cnccn2)cn1. The van der Waals surface area contributed by atoms with Crippen LogP contribution in [0.5, 0.6) is 0 Å². The van der Waals surface area contributed by atoms with Crippen LogP contribution >= 0.6 is 0 Å². The van der Waals surface area contributed by atoms with Gasteiger partial charge in [0.15, 0.2) is 5.82 Å². The second-order valence-corrected chi connectivity index (χ2v) is 3.08. The highest BCUT2D eigenvalue weighted by Gasteiger charge is 2.08. The van der Waals surface area contributed by atoms with Gasteiger partial charge in [-0.3, -0.25) is 9.78 Å². The highest BCUT2D eigenvalue weighted by molar-refractivity contribution is 6.02. The van der Waals surface area contributed by atoms with E-state index in [1.165, 1.54) is 31.0 Å². The summed E-state index contributed by atoms with van der Waals surface area (Å²) in [4.78, 5) is 27.4. The third kappa shape index (κ3) is 2.71. The van der Waals surface area contributed by atoms with E-state index in [-0.39, 0.29) is 11.6 Å². The van der Waals surface area contributed by atoms with Crippen LogP contribution in [0.4, 0.5) is 11.6 Å². The minimum Gasteiger partial charge on any atom is -0.372 e. The van der Waals surface area contributed by atoms with Crippen LogP contribution in [0.25, 0.3) is 0 Å². The van der Waals surface area contributed by atoms with Gasteiger partial charge in [-0.2, -0.15) is 0 Å². The zero-order valence-corrected chi connectivity index (χ0v) is 9.08. The monoisotopic (exact) mass is 230 g/mol. The number of aromatic nitrogens is 4. The van der Waals surface area contributed by atoms with Crippen molar-refractivity contribution < 1.29 is 4.79 Å². The minimum absolute atomic E-state index is 0.217.